The van der Waals surface area contributed by atoms with Crippen LogP contribution in [0.15, 0.2) is 47.3 Å². The van der Waals surface area contributed by atoms with Crippen molar-refractivity contribution in [2.45, 2.75) is 44.1 Å². The minimum Gasteiger partial charge on any atom is -0.271 e. The number of fused-ring (bicyclic) bond motifs is 6. The molecule has 31 heavy (non-hydrogen) atoms. The largest absolute Gasteiger partial charge is 0.271 e. The summed E-state index contributed by atoms with van der Waals surface area (Å²) in [4.78, 5) is 13.9. The van der Waals surface area contributed by atoms with E-state index in [0.29, 0.717) is 29.0 Å². The van der Waals surface area contributed by atoms with E-state index in [1.165, 1.54) is 24.3 Å². The van der Waals surface area contributed by atoms with Gasteiger partial charge in [-0.05, 0) is 65.1 Å². The second kappa shape index (κ2) is 6.54. The van der Waals surface area contributed by atoms with Gasteiger partial charge in [-0.25, -0.2) is 8.78 Å². The van der Waals surface area contributed by atoms with E-state index < -0.39 is 0 Å². The zero-order valence-electron chi connectivity index (χ0n) is 16.7. The summed E-state index contributed by atoms with van der Waals surface area (Å²) in [7, 11) is 0. The molecule has 4 aromatic rings. The fourth-order valence-corrected chi connectivity index (χ4v) is 5.42. The second-order valence-corrected chi connectivity index (χ2v) is 8.60. The maximum Gasteiger partial charge on any atom is 0.259 e. The molecule has 0 radical (unpaired) electrons. The maximum absolute atomic E-state index is 14.2. The van der Waals surface area contributed by atoms with Gasteiger partial charge in [-0.2, -0.15) is 4.52 Å². The summed E-state index contributed by atoms with van der Waals surface area (Å²) in [5.41, 5.74) is 3.28. The monoisotopic (exact) mass is 419 g/mol. The maximum atomic E-state index is 14.2. The highest BCUT2D eigenvalue weighted by molar-refractivity contribution is 5.73. The van der Waals surface area contributed by atoms with Gasteiger partial charge < -0.3 is 0 Å². The zero-order valence-corrected chi connectivity index (χ0v) is 16.7. The molecule has 2 aromatic carbocycles. The molecular weight excluding hydrogens is 400 g/mol. The molecule has 1 fully saturated rings. The van der Waals surface area contributed by atoms with Crippen LogP contribution in [0.4, 0.5) is 8.78 Å². The molecule has 8 heteroatoms. The van der Waals surface area contributed by atoms with Crippen molar-refractivity contribution in [1.29, 1.82) is 0 Å². The smallest absolute Gasteiger partial charge is 0.259 e. The van der Waals surface area contributed by atoms with Crippen molar-refractivity contribution in [2.75, 3.05) is 0 Å². The summed E-state index contributed by atoms with van der Waals surface area (Å²) in [6, 6.07) is 10.8. The van der Waals surface area contributed by atoms with Crippen LogP contribution in [0.1, 0.15) is 42.4 Å². The summed E-state index contributed by atoms with van der Waals surface area (Å²) in [6.45, 7) is 0.225. The van der Waals surface area contributed by atoms with E-state index in [9.17, 15) is 13.6 Å². The van der Waals surface area contributed by atoms with Gasteiger partial charge in [0.25, 0.3) is 11.3 Å². The molecule has 1 spiro atoms. The molecule has 0 bridgehead atoms. The summed E-state index contributed by atoms with van der Waals surface area (Å²) in [5, 5.41) is 12.1. The number of halogens is 2. The molecule has 2 heterocycles. The first kappa shape index (κ1) is 18.4. The Morgan fingerprint density at radius 2 is 1.74 bits per heavy atom. The second-order valence-electron chi connectivity index (χ2n) is 8.60. The predicted molar refractivity (Wildman–Crippen MR) is 110 cm³/mol. The van der Waals surface area contributed by atoms with Crippen LogP contribution in [-0.2, 0) is 18.4 Å². The molecule has 0 unspecified atom stereocenters. The first-order chi connectivity index (χ1) is 15.1. The van der Waals surface area contributed by atoms with E-state index in [4.69, 9.17) is 0 Å². The van der Waals surface area contributed by atoms with E-state index in [0.717, 1.165) is 36.8 Å². The third-order valence-electron chi connectivity index (χ3n) is 6.80. The molecule has 1 saturated carbocycles. The average Bonchev–Trinajstić information content (AvgIpc) is 3.43. The van der Waals surface area contributed by atoms with E-state index in [1.807, 2.05) is 6.07 Å². The number of hydrogen-bond donors (Lipinski definition) is 0. The minimum absolute atomic E-state index is 0.154. The third-order valence-corrected chi connectivity index (χ3v) is 6.80. The van der Waals surface area contributed by atoms with Crippen molar-refractivity contribution in [1.82, 2.24) is 24.6 Å². The van der Waals surface area contributed by atoms with Gasteiger partial charge in [0.05, 0.1) is 17.8 Å². The van der Waals surface area contributed by atoms with Gasteiger partial charge in [0.2, 0.25) is 0 Å². The predicted octanol–water partition coefficient (Wildman–Crippen LogP) is 3.65. The van der Waals surface area contributed by atoms with E-state index in [2.05, 4.69) is 15.5 Å². The number of hydrogen-bond acceptors (Lipinski definition) is 4. The summed E-state index contributed by atoms with van der Waals surface area (Å²) in [5.74, 6) is -0.401. The van der Waals surface area contributed by atoms with E-state index in [-0.39, 0.29) is 29.2 Å². The summed E-state index contributed by atoms with van der Waals surface area (Å²) < 4.78 is 30.7. The number of aromatic nitrogens is 5. The van der Waals surface area contributed by atoms with Gasteiger partial charge in [0.1, 0.15) is 11.6 Å². The van der Waals surface area contributed by atoms with Gasteiger partial charge in [-0.3, -0.25) is 9.36 Å². The van der Waals surface area contributed by atoms with Crippen LogP contribution in [0, 0.1) is 11.6 Å². The first-order valence-corrected chi connectivity index (χ1v) is 10.4. The topological polar surface area (TPSA) is 65.1 Å². The Kier molecular flexibility index (Phi) is 3.87. The van der Waals surface area contributed by atoms with Crippen LogP contribution < -0.4 is 5.56 Å². The van der Waals surface area contributed by atoms with Crippen molar-refractivity contribution < 1.29 is 8.78 Å². The Morgan fingerprint density at radius 1 is 1.00 bits per heavy atom. The molecular formula is C23H19F2N5O. The number of rotatable bonds is 2. The van der Waals surface area contributed by atoms with Crippen molar-refractivity contribution in [2.24, 2.45) is 0 Å². The van der Waals surface area contributed by atoms with Crippen molar-refractivity contribution in [3.63, 3.8) is 0 Å². The Morgan fingerprint density at radius 3 is 2.52 bits per heavy atom. The van der Waals surface area contributed by atoms with Gasteiger partial charge in [-0.15, -0.1) is 0 Å². The fourth-order valence-electron chi connectivity index (χ4n) is 5.42. The lowest BCUT2D eigenvalue weighted by Gasteiger charge is -2.36. The van der Waals surface area contributed by atoms with Crippen molar-refractivity contribution in [3.8, 4) is 11.3 Å². The quantitative estimate of drug-likeness (QED) is 0.498. The molecule has 2 aliphatic rings. The lowest BCUT2D eigenvalue weighted by molar-refractivity contribution is 0.420. The highest BCUT2D eigenvalue weighted by Gasteiger charge is 2.45. The number of benzene rings is 2. The number of tetrazole rings is 1. The average molecular weight is 419 g/mol. The molecule has 0 atom stereocenters. The van der Waals surface area contributed by atoms with Gasteiger partial charge in [-0.1, -0.05) is 36.1 Å². The third kappa shape index (κ3) is 2.67. The minimum atomic E-state index is -0.358. The fraction of sp³-hybridized carbons (Fsp3) is 0.304. The van der Waals surface area contributed by atoms with Gasteiger partial charge >= 0.3 is 0 Å². The zero-order chi connectivity index (χ0) is 21.2. The van der Waals surface area contributed by atoms with Crippen LogP contribution in [-0.4, -0.2) is 24.6 Å². The van der Waals surface area contributed by atoms with E-state index >= 15 is 0 Å². The summed E-state index contributed by atoms with van der Waals surface area (Å²) >= 11 is 0. The molecule has 6 nitrogen and oxygen atoms in total. The lowest BCUT2D eigenvalue weighted by atomic mass is 9.68. The van der Waals surface area contributed by atoms with E-state index in [1.54, 1.807) is 21.2 Å². The van der Waals surface area contributed by atoms with Crippen LogP contribution in [0.5, 0.6) is 0 Å². The first-order valence-electron chi connectivity index (χ1n) is 10.4. The van der Waals surface area contributed by atoms with Crippen molar-refractivity contribution in [3.05, 3.63) is 81.1 Å². The molecule has 0 N–H and O–H groups in total. The van der Waals surface area contributed by atoms with Crippen LogP contribution in [0.2, 0.25) is 0 Å². The van der Waals surface area contributed by atoms with Gasteiger partial charge in [0.15, 0.2) is 0 Å². The molecule has 6 rings (SSSR count). The van der Waals surface area contributed by atoms with Crippen LogP contribution in [0.3, 0.4) is 0 Å². The Hall–Kier alpha value is -3.42. The standard InChI is InChI=1S/C23H19F2N5O/c24-16-6-3-14(4-7-16)13-29-21(31)19-20(30-22(29)26-27-28-30)18-11-17(25)8-5-15(18)12-23(19)9-1-2-10-23/h3-8,11H,1-2,9-10,12-13H2. The normalized spacial score (nSPS) is 16.6. The molecule has 0 aliphatic heterocycles. The Bertz CT molecular complexity index is 1380. The molecule has 2 aliphatic carbocycles. The van der Waals surface area contributed by atoms with Gasteiger partial charge in [0, 0.05) is 11.0 Å². The SMILES string of the molecule is O=c1c2c(n3nnnc3n1Cc1ccc(F)cc1)-c1cc(F)ccc1CC21CCCC1. The summed E-state index contributed by atoms with van der Waals surface area (Å²) in [6.07, 6.45) is 4.59. The highest BCUT2D eigenvalue weighted by Crippen LogP contribution is 2.50. The Labute approximate surface area is 176 Å². The van der Waals surface area contributed by atoms with Crippen LogP contribution >= 0.6 is 0 Å². The lowest BCUT2D eigenvalue weighted by Crippen LogP contribution is -2.41. The highest BCUT2D eigenvalue weighted by atomic mass is 19.1. The number of nitrogens with zero attached hydrogens (tertiary/aromatic N) is 5. The molecule has 0 amide bonds. The molecule has 156 valence electrons. The molecule has 0 saturated heterocycles. The molecule has 2 aromatic heterocycles. The van der Waals surface area contributed by atoms with Crippen molar-refractivity contribution >= 4 is 5.78 Å². The van der Waals surface area contributed by atoms with Crippen LogP contribution in [0.25, 0.3) is 17.0 Å². The Balaban J connectivity index is 1.67.